The highest BCUT2D eigenvalue weighted by atomic mass is 16.3. The van der Waals surface area contributed by atoms with Gasteiger partial charge in [0.15, 0.2) is 0 Å². The van der Waals surface area contributed by atoms with Crippen molar-refractivity contribution in [3.05, 3.63) is 47.0 Å². The predicted octanol–water partition coefficient (Wildman–Crippen LogP) is 4.94. The summed E-state index contributed by atoms with van der Waals surface area (Å²) in [7, 11) is 0. The lowest BCUT2D eigenvalue weighted by Crippen LogP contribution is -2.37. The molecule has 2 N–H and O–H groups in total. The summed E-state index contributed by atoms with van der Waals surface area (Å²) in [6, 6.07) is 11.6. The van der Waals surface area contributed by atoms with Crippen LogP contribution in [0.15, 0.2) is 30.3 Å². The molecule has 1 unspecified atom stereocenters. The Labute approximate surface area is 137 Å². The molecule has 0 bridgehead atoms. The van der Waals surface area contributed by atoms with Gasteiger partial charge in [0.1, 0.15) is 5.75 Å². The van der Waals surface area contributed by atoms with Crippen LogP contribution in [0, 0.1) is 18.3 Å². The van der Waals surface area contributed by atoms with E-state index in [9.17, 15) is 5.11 Å². The second-order valence-electron chi connectivity index (χ2n) is 7.18. The van der Waals surface area contributed by atoms with Gasteiger partial charge in [0.05, 0.1) is 11.6 Å². The summed E-state index contributed by atoms with van der Waals surface area (Å²) in [4.78, 5) is 0. The molecule has 0 spiro atoms. The molecule has 2 aromatic rings. The lowest BCUT2D eigenvalue weighted by molar-refractivity contribution is 0.423. The van der Waals surface area contributed by atoms with Gasteiger partial charge in [-0.1, -0.05) is 19.1 Å². The molecule has 0 radical (unpaired) electrons. The highest BCUT2D eigenvalue weighted by molar-refractivity contribution is 5.80. The molecule has 1 heterocycles. The van der Waals surface area contributed by atoms with Crippen molar-refractivity contribution in [2.75, 3.05) is 5.32 Å². The number of hydrogen-bond donors (Lipinski definition) is 2. The Bertz CT molecular complexity index is 815. The average Bonchev–Trinajstić information content (AvgIpc) is 2.49. The van der Waals surface area contributed by atoms with Crippen LogP contribution in [0.2, 0.25) is 0 Å². The largest absolute Gasteiger partial charge is 0.507 e. The van der Waals surface area contributed by atoms with Gasteiger partial charge >= 0.3 is 0 Å². The summed E-state index contributed by atoms with van der Waals surface area (Å²) in [6.45, 7) is 8.60. The van der Waals surface area contributed by atoms with E-state index >= 15 is 0 Å². The summed E-state index contributed by atoms with van der Waals surface area (Å²) in [5, 5.41) is 23.6. The minimum atomic E-state index is 0.0197. The quantitative estimate of drug-likeness (QED) is 0.785. The molecule has 23 heavy (non-hydrogen) atoms. The van der Waals surface area contributed by atoms with Gasteiger partial charge in [0, 0.05) is 22.4 Å². The molecule has 1 atom stereocenters. The molecular weight excluding hydrogens is 284 g/mol. The molecule has 0 fully saturated rings. The first-order valence-corrected chi connectivity index (χ1v) is 7.97. The van der Waals surface area contributed by atoms with E-state index in [1.165, 1.54) is 0 Å². The van der Waals surface area contributed by atoms with Crippen LogP contribution in [0.4, 0.5) is 5.69 Å². The van der Waals surface area contributed by atoms with Crippen molar-refractivity contribution in [2.45, 2.75) is 45.6 Å². The maximum Gasteiger partial charge on any atom is 0.128 e. The van der Waals surface area contributed by atoms with E-state index in [0.717, 1.165) is 34.4 Å². The minimum absolute atomic E-state index is 0.0197. The molecule has 1 aliphatic rings. The van der Waals surface area contributed by atoms with Gasteiger partial charge in [-0.25, -0.2) is 0 Å². The zero-order valence-corrected chi connectivity index (χ0v) is 14.1. The lowest BCUT2D eigenvalue weighted by Gasteiger charge is -2.39. The Morgan fingerprint density at radius 3 is 2.74 bits per heavy atom. The fourth-order valence-electron chi connectivity index (χ4n) is 3.71. The Morgan fingerprint density at radius 1 is 1.30 bits per heavy atom. The van der Waals surface area contributed by atoms with Crippen LogP contribution in [-0.2, 0) is 0 Å². The SMILES string of the molecule is Cc1cc(-c2cccc(C#N)c2)c(O)c2c1NC(C)(C)CC2C. The topological polar surface area (TPSA) is 56.0 Å². The summed E-state index contributed by atoms with van der Waals surface area (Å²) in [5.41, 5.74) is 5.45. The third kappa shape index (κ3) is 2.66. The van der Waals surface area contributed by atoms with Crippen LogP contribution in [0.25, 0.3) is 11.1 Å². The van der Waals surface area contributed by atoms with Crippen LogP contribution in [0.5, 0.6) is 5.75 Å². The third-order valence-electron chi connectivity index (χ3n) is 4.61. The highest BCUT2D eigenvalue weighted by Gasteiger charge is 2.33. The smallest absolute Gasteiger partial charge is 0.128 e. The Balaban J connectivity index is 2.21. The zero-order chi connectivity index (χ0) is 16.8. The molecule has 3 rings (SSSR count). The summed E-state index contributed by atoms with van der Waals surface area (Å²) in [5.74, 6) is 0.607. The number of nitrogens with zero attached hydrogens (tertiary/aromatic N) is 1. The van der Waals surface area contributed by atoms with Crippen LogP contribution in [0.1, 0.15) is 49.8 Å². The first-order chi connectivity index (χ1) is 10.8. The summed E-state index contributed by atoms with van der Waals surface area (Å²) >= 11 is 0. The number of nitriles is 1. The number of aromatic hydroxyl groups is 1. The standard InChI is InChI=1S/C20H22N2O/c1-12-8-16(15-7-5-6-14(9-15)11-21)19(23)17-13(2)10-20(3,4)22-18(12)17/h5-9,13,22-23H,10H2,1-4H3. The molecular formula is C20H22N2O. The van der Waals surface area contributed by atoms with Crippen LogP contribution in [-0.4, -0.2) is 10.6 Å². The molecule has 2 aromatic carbocycles. The molecule has 0 aromatic heterocycles. The maximum absolute atomic E-state index is 10.9. The number of nitrogens with one attached hydrogen (secondary N) is 1. The normalized spacial score (nSPS) is 18.7. The minimum Gasteiger partial charge on any atom is -0.507 e. The van der Waals surface area contributed by atoms with E-state index < -0.39 is 0 Å². The lowest BCUT2D eigenvalue weighted by atomic mass is 9.79. The monoisotopic (exact) mass is 306 g/mol. The van der Waals surface area contributed by atoms with Gasteiger partial charge in [0.25, 0.3) is 0 Å². The summed E-state index contributed by atoms with van der Waals surface area (Å²) < 4.78 is 0. The van der Waals surface area contributed by atoms with Gasteiger partial charge in [0.2, 0.25) is 0 Å². The number of fused-ring (bicyclic) bond motifs is 1. The number of rotatable bonds is 1. The van der Waals surface area contributed by atoms with Crippen molar-refractivity contribution in [3.8, 4) is 22.9 Å². The van der Waals surface area contributed by atoms with Crippen molar-refractivity contribution < 1.29 is 5.11 Å². The molecule has 0 saturated heterocycles. The fourth-order valence-corrected chi connectivity index (χ4v) is 3.71. The molecule has 0 aliphatic carbocycles. The number of hydrogen-bond acceptors (Lipinski definition) is 3. The van der Waals surface area contributed by atoms with E-state index in [1.807, 2.05) is 24.3 Å². The Kier molecular flexibility index (Phi) is 3.56. The van der Waals surface area contributed by atoms with Crippen LogP contribution in [0.3, 0.4) is 0 Å². The number of aryl methyl sites for hydroxylation is 1. The number of phenols is 1. The average molecular weight is 306 g/mol. The molecule has 0 saturated carbocycles. The van der Waals surface area contributed by atoms with Crippen molar-refractivity contribution in [2.24, 2.45) is 0 Å². The first-order valence-electron chi connectivity index (χ1n) is 7.97. The van der Waals surface area contributed by atoms with Crippen molar-refractivity contribution in [1.82, 2.24) is 0 Å². The van der Waals surface area contributed by atoms with E-state index in [2.05, 4.69) is 39.1 Å². The molecule has 3 nitrogen and oxygen atoms in total. The Morgan fingerprint density at radius 2 is 2.04 bits per heavy atom. The second kappa shape index (κ2) is 5.31. The fraction of sp³-hybridized carbons (Fsp3) is 0.350. The van der Waals surface area contributed by atoms with Crippen LogP contribution < -0.4 is 5.32 Å². The number of phenolic OH excluding ortho intramolecular Hbond substituents is 1. The van der Waals surface area contributed by atoms with Crippen molar-refractivity contribution in [3.63, 3.8) is 0 Å². The maximum atomic E-state index is 10.9. The zero-order valence-electron chi connectivity index (χ0n) is 14.1. The molecule has 118 valence electrons. The Hall–Kier alpha value is -2.47. The van der Waals surface area contributed by atoms with Crippen LogP contribution >= 0.6 is 0 Å². The van der Waals surface area contributed by atoms with Crippen molar-refractivity contribution >= 4 is 5.69 Å². The first kappa shape index (κ1) is 15.4. The van der Waals surface area contributed by atoms with E-state index in [4.69, 9.17) is 5.26 Å². The second-order valence-corrected chi connectivity index (χ2v) is 7.18. The van der Waals surface area contributed by atoms with Gasteiger partial charge < -0.3 is 10.4 Å². The molecule has 0 amide bonds. The van der Waals surface area contributed by atoms with Gasteiger partial charge in [-0.15, -0.1) is 0 Å². The van der Waals surface area contributed by atoms with E-state index in [0.29, 0.717) is 11.3 Å². The summed E-state index contributed by atoms with van der Waals surface area (Å²) in [6.07, 6.45) is 0.967. The van der Waals surface area contributed by atoms with Gasteiger partial charge in [-0.2, -0.15) is 5.26 Å². The highest BCUT2D eigenvalue weighted by Crippen LogP contribution is 2.48. The number of anilines is 1. The van der Waals surface area contributed by atoms with Crippen molar-refractivity contribution in [1.29, 1.82) is 5.26 Å². The van der Waals surface area contributed by atoms with Gasteiger partial charge in [-0.3, -0.25) is 0 Å². The predicted molar refractivity (Wildman–Crippen MR) is 93.7 cm³/mol. The molecule has 1 aliphatic heterocycles. The number of benzene rings is 2. The van der Waals surface area contributed by atoms with E-state index in [-0.39, 0.29) is 11.5 Å². The third-order valence-corrected chi connectivity index (χ3v) is 4.61. The van der Waals surface area contributed by atoms with E-state index in [1.54, 1.807) is 6.07 Å². The van der Waals surface area contributed by atoms with Gasteiger partial charge in [-0.05, 0) is 62.4 Å². The molecule has 3 heteroatoms.